The Bertz CT molecular complexity index is 1690. The molecule has 0 spiro atoms. The van der Waals surface area contributed by atoms with Crippen molar-refractivity contribution < 1.29 is 63.6 Å². The van der Waals surface area contributed by atoms with E-state index in [4.69, 9.17) is 0 Å². The van der Waals surface area contributed by atoms with Gasteiger partial charge < -0.3 is 41.3 Å². The summed E-state index contributed by atoms with van der Waals surface area (Å²) in [5, 5.41) is 45.9. The molecule has 0 aliphatic carbocycles. The first kappa shape index (κ1) is 47.4. The van der Waals surface area contributed by atoms with Gasteiger partial charge in [0.25, 0.3) is 11.8 Å². The molecule has 1 aromatic rings. The second kappa shape index (κ2) is 24.1. The Morgan fingerprint density at radius 3 is 1.59 bits per heavy atom. The first-order valence-corrected chi connectivity index (χ1v) is 18.9. The van der Waals surface area contributed by atoms with Gasteiger partial charge in [0.1, 0.15) is 5.75 Å². The molecule has 22 heteroatoms. The Kier molecular flexibility index (Phi) is 19.3. The van der Waals surface area contributed by atoms with Crippen LogP contribution in [0.1, 0.15) is 11.1 Å². The highest BCUT2D eigenvalue weighted by Crippen LogP contribution is 2.17. The number of aryl methyl sites for hydroxylation is 1. The molecule has 2 heterocycles. The topological polar surface area (TPSA) is 290 Å². The number of carbonyl (C=O) groups is 9. The molecule has 0 atom stereocenters. The van der Waals surface area contributed by atoms with Crippen molar-refractivity contribution in [1.82, 2.24) is 45.3 Å². The molecule has 0 unspecified atom stereocenters. The van der Waals surface area contributed by atoms with Gasteiger partial charge in [-0.25, -0.2) is 0 Å². The second-order valence-electron chi connectivity index (χ2n) is 14.0. The zero-order valence-electron chi connectivity index (χ0n) is 33.0. The monoisotopic (exact) mass is 831 g/mol. The smallest absolute Gasteiger partial charge is 0.317 e. The van der Waals surface area contributed by atoms with Crippen LogP contribution in [0.2, 0.25) is 0 Å². The van der Waals surface area contributed by atoms with E-state index in [0.717, 1.165) is 17.1 Å². The van der Waals surface area contributed by atoms with E-state index in [1.807, 2.05) is 0 Å². The van der Waals surface area contributed by atoms with Crippen LogP contribution in [0, 0.1) is 6.92 Å². The molecular weight excluding hydrogens is 778 g/mol. The van der Waals surface area contributed by atoms with Crippen molar-refractivity contribution in [3.63, 3.8) is 0 Å². The summed E-state index contributed by atoms with van der Waals surface area (Å²) in [7, 11) is 0. The van der Waals surface area contributed by atoms with Gasteiger partial charge in [-0.05, 0) is 24.1 Å². The standard InChI is InChI=1S/C37H53N9O13/c1-26-18-27(2-3-28(26)47)19-34(53)45(22-31(50)40-20-29(48)38-7-9-46-32(51)4-5-33(46)52)8-6-39-30(49)21-41-10-12-42(23-35(54)55)14-16-44(25-37(58)59)17-15-43(13-11-41)24-36(56)57/h2-5,18,47H,6-17,19-25H2,1H3,(H,38,48)(H,39,49)(H,40,50)(H,54,55)(H,56,57)(H,58,59). The van der Waals surface area contributed by atoms with Gasteiger partial charge in [-0.2, -0.15) is 0 Å². The zero-order valence-corrected chi connectivity index (χ0v) is 33.0. The minimum absolute atomic E-state index is 0.0394. The maximum Gasteiger partial charge on any atom is 0.317 e. The minimum Gasteiger partial charge on any atom is -0.508 e. The van der Waals surface area contributed by atoms with E-state index in [1.165, 1.54) is 11.0 Å². The van der Waals surface area contributed by atoms with Gasteiger partial charge >= 0.3 is 17.9 Å². The molecule has 6 amide bonds. The van der Waals surface area contributed by atoms with Crippen LogP contribution in [0.15, 0.2) is 30.4 Å². The van der Waals surface area contributed by atoms with Gasteiger partial charge in [0.15, 0.2) is 0 Å². The molecule has 1 aromatic carbocycles. The lowest BCUT2D eigenvalue weighted by Gasteiger charge is -2.32. The van der Waals surface area contributed by atoms with Gasteiger partial charge in [-0.15, -0.1) is 0 Å². The van der Waals surface area contributed by atoms with Crippen molar-refractivity contribution >= 4 is 53.4 Å². The molecular formula is C37H53N9O13. The Balaban J connectivity index is 1.62. The van der Waals surface area contributed by atoms with E-state index in [1.54, 1.807) is 38.7 Å². The molecule has 2 aliphatic heterocycles. The Labute approximate surface area is 340 Å². The summed E-state index contributed by atoms with van der Waals surface area (Å²) in [6.45, 7) is 1.03. The maximum absolute atomic E-state index is 13.5. The molecule has 3 rings (SSSR count). The van der Waals surface area contributed by atoms with Crippen LogP contribution in [-0.2, 0) is 49.6 Å². The van der Waals surface area contributed by atoms with Gasteiger partial charge in [0.2, 0.25) is 23.6 Å². The predicted octanol–water partition coefficient (Wildman–Crippen LogP) is -4.18. The number of nitrogens with one attached hydrogen (secondary N) is 3. The van der Waals surface area contributed by atoms with Crippen molar-refractivity contribution in [3.8, 4) is 5.75 Å². The molecule has 0 saturated carbocycles. The number of imide groups is 1. The van der Waals surface area contributed by atoms with E-state index < -0.39 is 66.4 Å². The highest BCUT2D eigenvalue weighted by Gasteiger charge is 2.24. The fourth-order valence-corrected chi connectivity index (χ4v) is 6.21. The third kappa shape index (κ3) is 18.0. The first-order valence-electron chi connectivity index (χ1n) is 18.9. The Morgan fingerprint density at radius 2 is 1.12 bits per heavy atom. The lowest BCUT2D eigenvalue weighted by Crippen LogP contribution is -2.50. The number of carboxylic acids is 3. The van der Waals surface area contributed by atoms with Crippen molar-refractivity contribution in [1.29, 1.82) is 0 Å². The summed E-state index contributed by atoms with van der Waals surface area (Å²) in [4.78, 5) is 119. The number of benzene rings is 1. The van der Waals surface area contributed by atoms with Crippen LogP contribution < -0.4 is 16.0 Å². The largest absolute Gasteiger partial charge is 0.508 e. The molecule has 0 bridgehead atoms. The number of phenols is 1. The predicted molar refractivity (Wildman–Crippen MR) is 207 cm³/mol. The van der Waals surface area contributed by atoms with Gasteiger partial charge in [0.05, 0.1) is 45.7 Å². The molecule has 0 radical (unpaired) electrons. The van der Waals surface area contributed by atoms with Crippen LogP contribution in [0.5, 0.6) is 5.75 Å². The lowest BCUT2D eigenvalue weighted by molar-refractivity contribution is -0.140. The highest BCUT2D eigenvalue weighted by atomic mass is 16.4. The summed E-state index contributed by atoms with van der Waals surface area (Å²) in [6.07, 6.45) is 2.09. The number of hydrogen-bond acceptors (Lipinski definition) is 14. The third-order valence-corrected chi connectivity index (χ3v) is 9.39. The molecule has 59 heavy (non-hydrogen) atoms. The highest BCUT2D eigenvalue weighted by molar-refractivity contribution is 6.12. The summed E-state index contributed by atoms with van der Waals surface area (Å²) >= 11 is 0. The molecule has 324 valence electrons. The number of nitrogens with zero attached hydrogens (tertiary/aromatic N) is 6. The maximum atomic E-state index is 13.5. The number of rotatable bonds is 20. The number of amides is 6. The third-order valence-electron chi connectivity index (χ3n) is 9.39. The van der Waals surface area contributed by atoms with E-state index in [9.17, 15) is 63.6 Å². The van der Waals surface area contributed by atoms with Crippen molar-refractivity contribution in [3.05, 3.63) is 41.5 Å². The second-order valence-corrected chi connectivity index (χ2v) is 14.0. The van der Waals surface area contributed by atoms with Gasteiger partial charge in [-0.3, -0.25) is 67.7 Å². The first-order chi connectivity index (χ1) is 28.0. The number of carboxylic acid groups (broad SMARTS) is 3. The molecule has 2 aliphatic rings. The number of carbonyl (C=O) groups excluding carboxylic acids is 6. The van der Waals surface area contributed by atoms with Crippen molar-refractivity contribution in [2.75, 3.05) is 118 Å². The number of phenolic OH excluding ortho intramolecular Hbond substituents is 1. The average molecular weight is 832 g/mol. The van der Waals surface area contributed by atoms with Gasteiger partial charge in [-0.1, -0.05) is 12.1 Å². The summed E-state index contributed by atoms with van der Waals surface area (Å²) in [5.74, 6) is -6.44. The molecule has 1 saturated heterocycles. The fraction of sp³-hybridized carbons (Fsp3) is 0.541. The van der Waals surface area contributed by atoms with Crippen molar-refractivity contribution in [2.45, 2.75) is 13.3 Å². The van der Waals surface area contributed by atoms with Crippen LogP contribution in [0.3, 0.4) is 0 Å². The number of hydrogen-bond donors (Lipinski definition) is 7. The Hall–Kier alpha value is -5.97. The van der Waals surface area contributed by atoms with E-state index in [-0.39, 0.29) is 117 Å². The van der Waals surface area contributed by atoms with Crippen LogP contribution in [0.25, 0.3) is 0 Å². The minimum atomic E-state index is -1.08. The summed E-state index contributed by atoms with van der Waals surface area (Å²) < 4.78 is 0. The zero-order chi connectivity index (χ0) is 43.5. The lowest BCUT2D eigenvalue weighted by atomic mass is 10.1. The quantitative estimate of drug-likeness (QED) is 0.0614. The summed E-state index contributed by atoms with van der Waals surface area (Å²) in [5.41, 5.74) is 1.09. The summed E-state index contributed by atoms with van der Waals surface area (Å²) in [6, 6.07) is 4.62. The fourth-order valence-electron chi connectivity index (χ4n) is 6.21. The van der Waals surface area contributed by atoms with E-state index >= 15 is 0 Å². The van der Waals surface area contributed by atoms with Crippen LogP contribution in [-0.4, -0.2) is 221 Å². The molecule has 7 N–H and O–H groups in total. The number of aliphatic carboxylic acids is 3. The van der Waals surface area contributed by atoms with E-state index in [0.29, 0.717) is 11.1 Å². The van der Waals surface area contributed by atoms with Crippen LogP contribution in [0.4, 0.5) is 0 Å². The molecule has 1 fully saturated rings. The SMILES string of the molecule is Cc1cc(CC(=O)N(CCNC(=O)CN2CCN(CC(=O)O)CCN(CC(=O)O)CCN(CC(=O)O)CC2)CC(=O)NCC(=O)NCCN2C(=O)C=CC2=O)ccc1O. The molecule has 0 aromatic heterocycles. The van der Waals surface area contributed by atoms with Gasteiger partial charge in [0, 0.05) is 90.7 Å². The average Bonchev–Trinajstić information content (AvgIpc) is 3.47. The Morgan fingerprint density at radius 1 is 0.644 bits per heavy atom. The number of aromatic hydroxyl groups is 1. The van der Waals surface area contributed by atoms with E-state index in [2.05, 4.69) is 16.0 Å². The van der Waals surface area contributed by atoms with Crippen LogP contribution >= 0.6 is 0 Å². The van der Waals surface area contributed by atoms with Crippen molar-refractivity contribution in [2.24, 2.45) is 0 Å². The normalized spacial score (nSPS) is 16.2. The molecule has 22 nitrogen and oxygen atoms in total.